The third kappa shape index (κ3) is 3.37. The van der Waals surface area contributed by atoms with Crippen LogP contribution in [0.15, 0.2) is 41.3 Å². The summed E-state index contributed by atoms with van der Waals surface area (Å²) in [6.07, 6.45) is 1.08. The predicted octanol–water partition coefficient (Wildman–Crippen LogP) is 1.62. The summed E-state index contributed by atoms with van der Waals surface area (Å²) in [5.74, 6) is -0.284. The number of carbonyl (C=O) groups is 1. The standard InChI is InChI=1S/C17H19N3O4/c1-2-13-12(21)8-14(24-13)11-9-18-17(20-16(11)23)19-15(22)10-6-4-3-5-7-10/h3-7,9,12-14,21H,2,8H2,1H3,(H2,18,19,20,22,23). The average Bonchev–Trinajstić information content (AvgIpc) is 2.96. The Morgan fingerprint density at radius 3 is 2.79 bits per heavy atom. The number of benzene rings is 1. The number of aromatic nitrogens is 2. The van der Waals surface area contributed by atoms with Gasteiger partial charge in [-0.3, -0.25) is 19.9 Å². The van der Waals surface area contributed by atoms with Crippen LogP contribution in [0.1, 0.15) is 41.8 Å². The molecule has 1 aromatic carbocycles. The molecule has 24 heavy (non-hydrogen) atoms. The molecule has 1 fully saturated rings. The zero-order chi connectivity index (χ0) is 17.1. The highest BCUT2D eigenvalue weighted by atomic mass is 16.5. The van der Waals surface area contributed by atoms with Gasteiger partial charge in [-0.2, -0.15) is 0 Å². The lowest BCUT2D eigenvalue weighted by Crippen LogP contribution is -2.22. The first kappa shape index (κ1) is 16.4. The number of aromatic amines is 1. The van der Waals surface area contributed by atoms with Gasteiger partial charge in [-0.25, -0.2) is 4.98 Å². The average molecular weight is 329 g/mol. The van der Waals surface area contributed by atoms with E-state index in [0.29, 0.717) is 24.0 Å². The fourth-order valence-electron chi connectivity index (χ4n) is 2.76. The number of carbonyl (C=O) groups excluding carboxylic acids is 1. The molecule has 7 nitrogen and oxygen atoms in total. The first-order valence-electron chi connectivity index (χ1n) is 7.87. The van der Waals surface area contributed by atoms with Crippen LogP contribution in [0.25, 0.3) is 0 Å². The summed E-state index contributed by atoms with van der Waals surface area (Å²) in [5, 5.41) is 12.4. The molecule has 2 aromatic rings. The van der Waals surface area contributed by atoms with E-state index in [1.54, 1.807) is 24.3 Å². The van der Waals surface area contributed by atoms with Crippen molar-refractivity contribution in [1.82, 2.24) is 9.97 Å². The maximum absolute atomic E-state index is 12.2. The van der Waals surface area contributed by atoms with Gasteiger partial charge < -0.3 is 9.84 Å². The Hall–Kier alpha value is -2.51. The molecule has 1 aliphatic rings. The number of aliphatic hydroxyl groups is 1. The molecule has 7 heteroatoms. The lowest BCUT2D eigenvalue weighted by molar-refractivity contribution is 0.00724. The second-order valence-electron chi connectivity index (χ2n) is 5.71. The summed E-state index contributed by atoms with van der Waals surface area (Å²) in [5.41, 5.74) is 0.433. The lowest BCUT2D eigenvalue weighted by atomic mass is 10.1. The molecular formula is C17H19N3O4. The van der Waals surface area contributed by atoms with Crippen LogP contribution in [0, 0.1) is 0 Å². The summed E-state index contributed by atoms with van der Waals surface area (Å²) in [6, 6.07) is 8.65. The number of ether oxygens (including phenoxy) is 1. The Bertz CT molecular complexity index is 775. The quantitative estimate of drug-likeness (QED) is 0.791. The topological polar surface area (TPSA) is 104 Å². The van der Waals surface area contributed by atoms with E-state index in [4.69, 9.17) is 4.74 Å². The number of amides is 1. The Morgan fingerprint density at radius 1 is 1.42 bits per heavy atom. The number of nitrogens with one attached hydrogen (secondary N) is 2. The molecular weight excluding hydrogens is 310 g/mol. The lowest BCUT2D eigenvalue weighted by Gasteiger charge is -2.12. The molecule has 1 aliphatic heterocycles. The number of anilines is 1. The number of aliphatic hydroxyl groups excluding tert-OH is 1. The Balaban J connectivity index is 1.74. The van der Waals surface area contributed by atoms with Crippen molar-refractivity contribution in [3.63, 3.8) is 0 Å². The molecule has 3 unspecified atom stereocenters. The zero-order valence-electron chi connectivity index (χ0n) is 13.2. The minimum absolute atomic E-state index is 0.0724. The number of hydrogen-bond donors (Lipinski definition) is 3. The van der Waals surface area contributed by atoms with Gasteiger partial charge in [0.2, 0.25) is 5.95 Å². The molecule has 0 saturated carbocycles. The number of rotatable bonds is 4. The van der Waals surface area contributed by atoms with Crippen molar-refractivity contribution in [2.24, 2.45) is 0 Å². The highest BCUT2D eigenvalue weighted by Gasteiger charge is 2.35. The van der Waals surface area contributed by atoms with Crippen molar-refractivity contribution in [2.45, 2.75) is 38.1 Å². The highest BCUT2D eigenvalue weighted by Crippen LogP contribution is 2.32. The van der Waals surface area contributed by atoms with Crippen LogP contribution in [0.4, 0.5) is 5.95 Å². The van der Waals surface area contributed by atoms with Gasteiger partial charge in [0, 0.05) is 18.2 Å². The van der Waals surface area contributed by atoms with Crippen LogP contribution in [0.5, 0.6) is 0 Å². The molecule has 3 rings (SSSR count). The fraction of sp³-hybridized carbons (Fsp3) is 0.353. The van der Waals surface area contributed by atoms with Crippen LogP contribution in [0.3, 0.4) is 0 Å². The number of hydrogen-bond acceptors (Lipinski definition) is 5. The Labute approximate surface area is 138 Å². The van der Waals surface area contributed by atoms with E-state index < -0.39 is 12.2 Å². The maximum atomic E-state index is 12.2. The van der Waals surface area contributed by atoms with Gasteiger partial charge in [0.1, 0.15) is 0 Å². The molecule has 1 amide bonds. The summed E-state index contributed by atoms with van der Waals surface area (Å²) in [6.45, 7) is 1.92. The van der Waals surface area contributed by atoms with E-state index in [0.717, 1.165) is 0 Å². The van der Waals surface area contributed by atoms with E-state index in [1.807, 2.05) is 13.0 Å². The molecule has 0 radical (unpaired) electrons. The number of H-pyrrole nitrogens is 1. The molecule has 3 atom stereocenters. The smallest absolute Gasteiger partial charge is 0.258 e. The minimum Gasteiger partial charge on any atom is -0.390 e. The van der Waals surface area contributed by atoms with Gasteiger partial charge in [0.25, 0.3) is 11.5 Å². The van der Waals surface area contributed by atoms with Gasteiger partial charge in [-0.1, -0.05) is 25.1 Å². The van der Waals surface area contributed by atoms with Gasteiger partial charge >= 0.3 is 0 Å². The highest BCUT2D eigenvalue weighted by molar-refractivity contribution is 6.03. The van der Waals surface area contributed by atoms with Crippen molar-refractivity contribution >= 4 is 11.9 Å². The first-order valence-corrected chi connectivity index (χ1v) is 7.87. The van der Waals surface area contributed by atoms with E-state index in [1.165, 1.54) is 6.20 Å². The normalized spacial score (nSPS) is 23.2. The maximum Gasteiger partial charge on any atom is 0.258 e. The van der Waals surface area contributed by atoms with E-state index in [2.05, 4.69) is 15.3 Å². The van der Waals surface area contributed by atoms with Crippen molar-refractivity contribution in [2.75, 3.05) is 5.32 Å². The second kappa shape index (κ2) is 6.94. The third-order valence-electron chi connectivity index (χ3n) is 4.07. The van der Waals surface area contributed by atoms with Crippen molar-refractivity contribution < 1.29 is 14.6 Å². The monoisotopic (exact) mass is 329 g/mol. The van der Waals surface area contributed by atoms with Crippen LogP contribution < -0.4 is 10.9 Å². The van der Waals surface area contributed by atoms with Gasteiger partial charge in [0.05, 0.1) is 23.9 Å². The molecule has 0 aliphatic carbocycles. The van der Waals surface area contributed by atoms with Crippen LogP contribution in [-0.4, -0.2) is 33.2 Å². The minimum atomic E-state index is -0.586. The second-order valence-corrected chi connectivity index (χ2v) is 5.71. The van der Waals surface area contributed by atoms with Gasteiger partial charge in [-0.15, -0.1) is 0 Å². The van der Waals surface area contributed by atoms with Gasteiger partial charge in [0.15, 0.2) is 0 Å². The van der Waals surface area contributed by atoms with Crippen molar-refractivity contribution in [3.05, 3.63) is 58.0 Å². The number of nitrogens with zero attached hydrogens (tertiary/aromatic N) is 1. The Morgan fingerprint density at radius 2 is 2.17 bits per heavy atom. The first-order chi connectivity index (χ1) is 11.6. The molecule has 0 spiro atoms. The van der Waals surface area contributed by atoms with Crippen LogP contribution in [-0.2, 0) is 4.74 Å². The molecule has 3 N–H and O–H groups in total. The Kier molecular flexibility index (Phi) is 4.73. The molecule has 0 bridgehead atoms. The molecule has 1 saturated heterocycles. The summed E-state index contributed by atoms with van der Waals surface area (Å²) in [7, 11) is 0. The SMILES string of the molecule is CCC1OC(c2cnc(NC(=O)c3ccccc3)[nH]c2=O)CC1O. The summed E-state index contributed by atoms with van der Waals surface area (Å²) in [4.78, 5) is 30.9. The summed E-state index contributed by atoms with van der Waals surface area (Å²) >= 11 is 0. The van der Waals surface area contributed by atoms with Crippen LogP contribution >= 0.6 is 0 Å². The predicted molar refractivity (Wildman–Crippen MR) is 87.8 cm³/mol. The molecule has 2 heterocycles. The van der Waals surface area contributed by atoms with E-state index in [-0.39, 0.29) is 23.5 Å². The van der Waals surface area contributed by atoms with E-state index in [9.17, 15) is 14.7 Å². The van der Waals surface area contributed by atoms with E-state index >= 15 is 0 Å². The summed E-state index contributed by atoms with van der Waals surface area (Å²) < 4.78 is 5.68. The van der Waals surface area contributed by atoms with Gasteiger partial charge in [-0.05, 0) is 18.6 Å². The third-order valence-corrected chi connectivity index (χ3v) is 4.07. The fourth-order valence-corrected chi connectivity index (χ4v) is 2.76. The zero-order valence-corrected chi connectivity index (χ0v) is 13.2. The molecule has 126 valence electrons. The largest absolute Gasteiger partial charge is 0.390 e. The molecule has 1 aromatic heterocycles. The van der Waals surface area contributed by atoms with Crippen molar-refractivity contribution in [1.29, 1.82) is 0 Å². The van der Waals surface area contributed by atoms with Crippen molar-refractivity contribution in [3.8, 4) is 0 Å². The van der Waals surface area contributed by atoms with Crippen LogP contribution in [0.2, 0.25) is 0 Å².